The molecule has 2 aromatic heterocycles. The summed E-state index contributed by atoms with van der Waals surface area (Å²) in [6.07, 6.45) is 9.64. The molecule has 31 heavy (non-hydrogen) atoms. The van der Waals surface area contributed by atoms with Crippen molar-refractivity contribution in [1.29, 1.82) is 0 Å². The number of pyridine rings is 2. The molecule has 1 spiro atoms. The van der Waals surface area contributed by atoms with Crippen molar-refractivity contribution in [3.63, 3.8) is 0 Å². The van der Waals surface area contributed by atoms with E-state index in [1.165, 1.54) is 0 Å². The van der Waals surface area contributed by atoms with Crippen LogP contribution in [0.15, 0.2) is 42.9 Å². The van der Waals surface area contributed by atoms with Crippen LogP contribution in [-0.2, 0) is 4.74 Å². The molecule has 7 heteroatoms. The Balaban J connectivity index is 1.26. The molecule has 1 N–H and O–H groups in total. The number of carbonyl (C=O) groups is 2. The van der Waals surface area contributed by atoms with E-state index in [4.69, 9.17) is 4.74 Å². The van der Waals surface area contributed by atoms with Gasteiger partial charge in [-0.05, 0) is 69.2 Å². The van der Waals surface area contributed by atoms with Crippen LogP contribution in [0.5, 0.6) is 0 Å². The Labute approximate surface area is 183 Å². The molecule has 2 saturated heterocycles. The van der Waals surface area contributed by atoms with Gasteiger partial charge in [-0.1, -0.05) is 0 Å². The summed E-state index contributed by atoms with van der Waals surface area (Å²) in [6.45, 7) is 4.74. The van der Waals surface area contributed by atoms with Crippen molar-refractivity contribution in [3.8, 4) is 0 Å². The van der Waals surface area contributed by atoms with Gasteiger partial charge in [0, 0.05) is 61.7 Å². The third kappa shape index (κ3) is 5.28. The number of aryl methyl sites for hydroxylation is 1. The van der Waals surface area contributed by atoms with Gasteiger partial charge in [0.2, 0.25) is 0 Å². The van der Waals surface area contributed by atoms with Crippen molar-refractivity contribution in [2.75, 3.05) is 26.2 Å². The molecule has 4 heterocycles. The first-order valence-electron chi connectivity index (χ1n) is 11.1. The van der Waals surface area contributed by atoms with Crippen molar-refractivity contribution in [3.05, 3.63) is 59.7 Å². The highest BCUT2D eigenvalue weighted by Crippen LogP contribution is 2.38. The number of aromatic nitrogens is 2. The predicted molar refractivity (Wildman–Crippen MR) is 117 cm³/mol. The number of rotatable bonds is 5. The van der Waals surface area contributed by atoms with E-state index in [1.807, 2.05) is 17.9 Å². The van der Waals surface area contributed by atoms with E-state index in [9.17, 15) is 9.59 Å². The fraction of sp³-hybridized carbons (Fsp3) is 0.500. The number of carbonyl (C=O) groups excluding carboxylic acids is 2. The average Bonchev–Trinajstić information content (AvgIpc) is 2.80. The zero-order valence-electron chi connectivity index (χ0n) is 18.0. The highest BCUT2D eigenvalue weighted by atomic mass is 16.5. The van der Waals surface area contributed by atoms with Gasteiger partial charge in [0.05, 0.1) is 5.60 Å². The van der Waals surface area contributed by atoms with Crippen LogP contribution < -0.4 is 5.32 Å². The summed E-state index contributed by atoms with van der Waals surface area (Å²) >= 11 is 0. The highest BCUT2D eigenvalue weighted by molar-refractivity contribution is 5.94. The highest BCUT2D eigenvalue weighted by Gasteiger charge is 2.41. The molecule has 4 rings (SSSR count). The van der Waals surface area contributed by atoms with Gasteiger partial charge in [-0.3, -0.25) is 19.6 Å². The van der Waals surface area contributed by atoms with E-state index in [1.54, 1.807) is 36.8 Å². The van der Waals surface area contributed by atoms with Crippen LogP contribution in [0.1, 0.15) is 58.5 Å². The van der Waals surface area contributed by atoms with Gasteiger partial charge in [0.1, 0.15) is 0 Å². The summed E-state index contributed by atoms with van der Waals surface area (Å²) in [5.41, 5.74) is 2.06. The zero-order valence-corrected chi connectivity index (χ0v) is 18.0. The number of nitrogens with zero attached hydrogens (tertiary/aromatic N) is 3. The van der Waals surface area contributed by atoms with Crippen molar-refractivity contribution in [2.45, 2.75) is 44.6 Å². The van der Waals surface area contributed by atoms with Crippen LogP contribution in [0.4, 0.5) is 0 Å². The van der Waals surface area contributed by atoms with Gasteiger partial charge in [-0.15, -0.1) is 0 Å². The number of likely N-dealkylation sites (tertiary alicyclic amines) is 1. The molecule has 7 nitrogen and oxygen atoms in total. The smallest absolute Gasteiger partial charge is 0.253 e. The van der Waals surface area contributed by atoms with E-state index < -0.39 is 0 Å². The van der Waals surface area contributed by atoms with Crippen LogP contribution >= 0.6 is 0 Å². The predicted octanol–water partition coefficient (Wildman–Crippen LogP) is 3.01. The number of piperidine rings is 1. The number of hydrogen-bond acceptors (Lipinski definition) is 5. The Morgan fingerprint density at radius 3 is 2.65 bits per heavy atom. The maximum absolute atomic E-state index is 12.8. The summed E-state index contributed by atoms with van der Waals surface area (Å²) in [7, 11) is 0. The van der Waals surface area contributed by atoms with E-state index in [-0.39, 0.29) is 17.4 Å². The molecule has 0 saturated carbocycles. The first-order chi connectivity index (χ1) is 15.0. The van der Waals surface area contributed by atoms with E-state index in [0.29, 0.717) is 36.7 Å². The molecular weight excluding hydrogens is 392 g/mol. The molecule has 2 aromatic rings. The minimum atomic E-state index is -0.136. The van der Waals surface area contributed by atoms with Gasteiger partial charge in [-0.25, -0.2) is 0 Å². The maximum Gasteiger partial charge on any atom is 0.253 e. The van der Waals surface area contributed by atoms with Crippen LogP contribution in [0.2, 0.25) is 0 Å². The molecule has 2 aliphatic heterocycles. The summed E-state index contributed by atoms with van der Waals surface area (Å²) in [4.78, 5) is 35.1. The summed E-state index contributed by atoms with van der Waals surface area (Å²) in [5.74, 6) is 0.547. The zero-order chi connectivity index (χ0) is 21.7. The fourth-order valence-electron chi connectivity index (χ4n) is 4.70. The second-order valence-electron chi connectivity index (χ2n) is 8.65. The first-order valence-corrected chi connectivity index (χ1v) is 11.1. The number of amides is 2. The van der Waals surface area contributed by atoms with Crippen molar-refractivity contribution < 1.29 is 14.3 Å². The van der Waals surface area contributed by atoms with Gasteiger partial charge in [0.25, 0.3) is 11.8 Å². The quantitative estimate of drug-likeness (QED) is 0.801. The lowest BCUT2D eigenvalue weighted by Gasteiger charge is -2.46. The minimum absolute atomic E-state index is 0.0534. The van der Waals surface area contributed by atoms with Gasteiger partial charge in [0.15, 0.2) is 0 Å². The molecule has 1 atom stereocenters. The van der Waals surface area contributed by atoms with Crippen molar-refractivity contribution in [2.24, 2.45) is 5.92 Å². The van der Waals surface area contributed by atoms with Gasteiger partial charge < -0.3 is 15.0 Å². The van der Waals surface area contributed by atoms with Crippen LogP contribution in [0.25, 0.3) is 0 Å². The number of hydrogen-bond donors (Lipinski definition) is 1. The molecule has 2 aliphatic rings. The maximum atomic E-state index is 12.8. The SMILES string of the molecule is Cc1cc(C(=O)N2CCC3(CC2)CC(CCNC(=O)c2ccncc2)CCO3)ccn1. The molecular formula is C24H30N4O3. The molecule has 164 valence electrons. The number of nitrogens with one attached hydrogen (secondary N) is 1. The van der Waals surface area contributed by atoms with Crippen molar-refractivity contribution >= 4 is 11.8 Å². The van der Waals surface area contributed by atoms with Crippen LogP contribution in [0, 0.1) is 12.8 Å². The van der Waals surface area contributed by atoms with Crippen LogP contribution in [0.3, 0.4) is 0 Å². The third-order valence-corrected chi connectivity index (χ3v) is 6.48. The molecule has 2 amide bonds. The molecule has 2 fully saturated rings. The fourth-order valence-corrected chi connectivity index (χ4v) is 4.70. The molecule has 1 unspecified atom stereocenters. The van der Waals surface area contributed by atoms with E-state index in [2.05, 4.69) is 15.3 Å². The van der Waals surface area contributed by atoms with Crippen LogP contribution in [-0.4, -0.2) is 58.5 Å². The first kappa shape index (κ1) is 21.4. The number of ether oxygens (including phenoxy) is 1. The lowest BCUT2D eigenvalue weighted by atomic mass is 9.78. The topological polar surface area (TPSA) is 84.4 Å². The Morgan fingerprint density at radius 2 is 1.90 bits per heavy atom. The lowest BCUT2D eigenvalue weighted by Crippen LogP contribution is -2.51. The Morgan fingerprint density at radius 1 is 1.16 bits per heavy atom. The Kier molecular flexibility index (Phi) is 6.61. The average molecular weight is 423 g/mol. The molecule has 0 aromatic carbocycles. The minimum Gasteiger partial charge on any atom is -0.375 e. The summed E-state index contributed by atoms with van der Waals surface area (Å²) in [5, 5.41) is 3.02. The second kappa shape index (κ2) is 9.56. The summed E-state index contributed by atoms with van der Waals surface area (Å²) < 4.78 is 6.24. The van der Waals surface area contributed by atoms with Gasteiger partial charge >= 0.3 is 0 Å². The monoisotopic (exact) mass is 422 g/mol. The van der Waals surface area contributed by atoms with Crippen molar-refractivity contribution in [1.82, 2.24) is 20.2 Å². The molecule has 0 aliphatic carbocycles. The van der Waals surface area contributed by atoms with Gasteiger partial charge in [-0.2, -0.15) is 0 Å². The van der Waals surface area contributed by atoms with E-state index >= 15 is 0 Å². The lowest BCUT2D eigenvalue weighted by molar-refractivity contribution is -0.124. The normalized spacial score (nSPS) is 20.4. The second-order valence-corrected chi connectivity index (χ2v) is 8.65. The largest absolute Gasteiger partial charge is 0.375 e. The Bertz CT molecular complexity index is 910. The standard InChI is InChI=1S/C24H30N4O3/c1-18-16-21(5-12-26-18)23(30)28-13-7-24(8-14-28)17-19(6-15-31-24)2-11-27-22(29)20-3-9-25-10-4-20/h3-5,9-10,12,16,19H,2,6-8,11,13-15,17H2,1H3,(H,27,29). The molecule has 0 bridgehead atoms. The Hall–Kier alpha value is -2.80. The summed E-state index contributed by atoms with van der Waals surface area (Å²) in [6, 6.07) is 7.08. The van der Waals surface area contributed by atoms with E-state index in [0.717, 1.165) is 44.4 Å². The molecule has 0 radical (unpaired) electrons. The third-order valence-electron chi connectivity index (χ3n) is 6.48.